The molecular weight excluding hydrogens is 330 g/mol. The molecule has 1 aliphatic heterocycles. The number of hydrogen-bond acceptors (Lipinski definition) is 2. The van der Waals surface area contributed by atoms with Crippen molar-refractivity contribution in [1.82, 2.24) is 4.90 Å². The molecule has 1 unspecified atom stereocenters. The van der Waals surface area contributed by atoms with Crippen LogP contribution in [-0.4, -0.2) is 31.1 Å². The monoisotopic (exact) mass is 365 g/mol. The Morgan fingerprint density at radius 3 is 2.52 bits per heavy atom. The summed E-state index contributed by atoms with van der Waals surface area (Å²) in [6.07, 6.45) is 14.3. The van der Waals surface area contributed by atoms with Gasteiger partial charge in [-0.25, -0.2) is 0 Å². The molecule has 0 N–H and O–H groups in total. The van der Waals surface area contributed by atoms with Gasteiger partial charge in [0.05, 0.1) is 7.11 Å². The van der Waals surface area contributed by atoms with Crippen LogP contribution in [-0.2, 0) is 6.42 Å². The number of hydrogen-bond donors (Lipinski definition) is 0. The molecule has 1 atom stereocenters. The van der Waals surface area contributed by atoms with Crippen molar-refractivity contribution >= 4 is 10.8 Å². The van der Waals surface area contributed by atoms with E-state index in [9.17, 15) is 0 Å². The third kappa shape index (κ3) is 4.85. The summed E-state index contributed by atoms with van der Waals surface area (Å²) in [6, 6.07) is 14.1. The van der Waals surface area contributed by atoms with Crippen LogP contribution in [0, 0.1) is 5.92 Å². The predicted molar refractivity (Wildman–Crippen MR) is 115 cm³/mol. The molecule has 0 radical (unpaired) electrons. The third-order valence-electron chi connectivity index (χ3n) is 6.88. The fraction of sp³-hybridized carbons (Fsp3) is 0.600. The second-order valence-electron chi connectivity index (χ2n) is 8.72. The first-order valence-electron chi connectivity index (χ1n) is 11.1. The van der Waals surface area contributed by atoms with E-state index in [1.807, 2.05) is 0 Å². The Labute approximate surface area is 164 Å². The molecule has 2 heteroatoms. The van der Waals surface area contributed by atoms with Crippen molar-refractivity contribution in [2.24, 2.45) is 5.92 Å². The van der Waals surface area contributed by atoms with E-state index in [0.29, 0.717) is 0 Å². The van der Waals surface area contributed by atoms with Crippen LogP contribution in [0.15, 0.2) is 36.4 Å². The normalized spacial score (nSPS) is 22.2. The molecule has 2 aliphatic rings. The zero-order valence-electron chi connectivity index (χ0n) is 17.0. The fourth-order valence-corrected chi connectivity index (χ4v) is 5.26. The number of rotatable bonds is 6. The Morgan fingerprint density at radius 1 is 0.889 bits per heavy atom. The van der Waals surface area contributed by atoms with Gasteiger partial charge in [-0.3, -0.25) is 0 Å². The van der Waals surface area contributed by atoms with Gasteiger partial charge in [0.2, 0.25) is 0 Å². The van der Waals surface area contributed by atoms with Gasteiger partial charge in [0.25, 0.3) is 0 Å². The summed E-state index contributed by atoms with van der Waals surface area (Å²) in [5, 5.41) is 2.59. The van der Waals surface area contributed by atoms with E-state index in [1.165, 1.54) is 93.6 Å². The van der Waals surface area contributed by atoms with E-state index in [-0.39, 0.29) is 0 Å². The lowest BCUT2D eigenvalue weighted by atomic mass is 9.82. The molecule has 146 valence electrons. The number of benzene rings is 2. The van der Waals surface area contributed by atoms with Crippen molar-refractivity contribution in [3.63, 3.8) is 0 Å². The summed E-state index contributed by atoms with van der Waals surface area (Å²) >= 11 is 0. The molecule has 0 amide bonds. The van der Waals surface area contributed by atoms with Crippen LogP contribution in [0.3, 0.4) is 0 Å². The van der Waals surface area contributed by atoms with Crippen molar-refractivity contribution in [3.05, 3.63) is 42.0 Å². The predicted octanol–water partition coefficient (Wildman–Crippen LogP) is 6.22. The smallest absolute Gasteiger partial charge is 0.119 e. The fourth-order valence-electron chi connectivity index (χ4n) is 5.26. The van der Waals surface area contributed by atoms with Gasteiger partial charge in [0, 0.05) is 12.6 Å². The molecule has 0 spiro atoms. The lowest BCUT2D eigenvalue weighted by Gasteiger charge is -2.38. The highest BCUT2D eigenvalue weighted by molar-refractivity contribution is 5.84. The first-order chi connectivity index (χ1) is 13.3. The van der Waals surface area contributed by atoms with E-state index in [2.05, 4.69) is 41.3 Å². The van der Waals surface area contributed by atoms with Gasteiger partial charge in [-0.05, 0) is 66.6 Å². The lowest BCUT2D eigenvalue weighted by Crippen LogP contribution is -2.42. The number of likely N-dealkylation sites (tertiary alicyclic amines) is 1. The summed E-state index contributed by atoms with van der Waals surface area (Å²) in [5.41, 5.74) is 1.47. The Kier molecular flexibility index (Phi) is 6.34. The first-order valence-corrected chi connectivity index (χ1v) is 11.1. The van der Waals surface area contributed by atoms with E-state index >= 15 is 0 Å². The van der Waals surface area contributed by atoms with Crippen molar-refractivity contribution in [1.29, 1.82) is 0 Å². The van der Waals surface area contributed by atoms with Crippen LogP contribution in [0.25, 0.3) is 10.8 Å². The quantitative estimate of drug-likeness (QED) is 0.603. The van der Waals surface area contributed by atoms with Gasteiger partial charge in [0.15, 0.2) is 0 Å². The van der Waals surface area contributed by atoms with Crippen LogP contribution in [0.5, 0.6) is 5.75 Å². The second kappa shape index (κ2) is 9.10. The number of methoxy groups -OCH3 is 1. The zero-order chi connectivity index (χ0) is 18.5. The topological polar surface area (TPSA) is 12.5 Å². The first kappa shape index (κ1) is 18.8. The van der Waals surface area contributed by atoms with Crippen molar-refractivity contribution in [2.75, 3.05) is 20.2 Å². The highest BCUT2D eigenvalue weighted by atomic mass is 16.5. The summed E-state index contributed by atoms with van der Waals surface area (Å²) in [6.45, 7) is 2.53. The number of fused-ring (bicyclic) bond motifs is 1. The molecule has 2 fully saturated rings. The Hall–Kier alpha value is -1.54. The molecular formula is C25H35NO. The average molecular weight is 366 g/mol. The molecule has 2 nitrogen and oxygen atoms in total. The van der Waals surface area contributed by atoms with Crippen molar-refractivity contribution in [2.45, 2.75) is 70.3 Å². The molecule has 2 aromatic carbocycles. The maximum Gasteiger partial charge on any atom is 0.119 e. The SMILES string of the molecule is COc1ccc2cc(CCN3CCCCC3CC3CCCCC3)ccc2c1. The summed E-state index contributed by atoms with van der Waals surface area (Å²) in [4.78, 5) is 2.82. The van der Waals surface area contributed by atoms with Crippen LogP contribution in [0.2, 0.25) is 0 Å². The van der Waals surface area contributed by atoms with E-state index in [0.717, 1.165) is 17.7 Å². The Balaban J connectivity index is 1.37. The van der Waals surface area contributed by atoms with Gasteiger partial charge >= 0.3 is 0 Å². The van der Waals surface area contributed by atoms with Crippen molar-refractivity contribution in [3.8, 4) is 5.75 Å². The van der Waals surface area contributed by atoms with Gasteiger partial charge in [-0.1, -0.05) is 62.8 Å². The number of ether oxygens (including phenoxy) is 1. The van der Waals surface area contributed by atoms with E-state index in [4.69, 9.17) is 4.74 Å². The van der Waals surface area contributed by atoms with Gasteiger partial charge in [-0.15, -0.1) is 0 Å². The van der Waals surface area contributed by atoms with Crippen LogP contribution in [0.1, 0.15) is 63.4 Å². The number of nitrogens with zero attached hydrogens (tertiary/aromatic N) is 1. The van der Waals surface area contributed by atoms with Crippen LogP contribution in [0.4, 0.5) is 0 Å². The lowest BCUT2D eigenvalue weighted by molar-refractivity contribution is 0.118. The van der Waals surface area contributed by atoms with Gasteiger partial charge in [0.1, 0.15) is 5.75 Å². The summed E-state index contributed by atoms with van der Waals surface area (Å²) < 4.78 is 5.35. The Bertz CT molecular complexity index is 734. The minimum absolute atomic E-state index is 0.839. The summed E-state index contributed by atoms with van der Waals surface area (Å²) in [7, 11) is 1.73. The van der Waals surface area contributed by atoms with Gasteiger partial charge < -0.3 is 9.64 Å². The molecule has 4 rings (SSSR count). The molecule has 2 aromatic rings. The van der Waals surface area contributed by atoms with E-state index < -0.39 is 0 Å². The maximum atomic E-state index is 5.35. The van der Waals surface area contributed by atoms with Crippen molar-refractivity contribution < 1.29 is 4.74 Å². The average Bonchev–Trinajstić information content (AvgIpc) is 2.73. The molecule has 1 saturated carbocycles. The van der Waals surface area contributed by atoms with Gasteiger partial charge in [-0.2, -0.15) is 0 Å². The molecule has 0 aromatic heterocycles. The highest BCUT2D eigenvalue weighted by Crippen LogP contribution is 2.32. The minimum Gasteiger partial charge on any atom is -0.497 e. The minimum atomic E-state index is 0.839. The highest BCUT2D eigenvalue weighted by Gasteiger charge is 2.26. The zero-order valence-corrected chi connectivity index (χ0v) is 17.0. The Morgan fingerprint density at radius 2 is 1.67 bits per heavy atom. The standard InChI is InChI=1S/C25H35NO/c1-27-25-13-12-22-17-21(10-11-23(22)19-25)14-16-26-15-6-5-9-24(26)18-20-7-3-2-4-8-20/h10-13,17,19-20,24H,2-9,14-16,18H2,1H3. The second-order valence-corrected chi connectivity index (χ2v) is 8.72. The maximum absolute atomic E-state index is 5.35. The molecule has 0 bridgehead atoms. The largest absolute Gasteiger partial charge is 0.497 e. The van der Waals surface area contributed by atoms with Crippen LogP contribution >= 0.6 is 0 Å². The number of piperidine rings is 1. The third-order valence-corrected chi connectivity index (χ3v) is 6.88. The van der Waals surface area contributed by atoms with E-state index in [1.54, 1.807) is 7.11 Å². The van der Waals surface area contributed by atoms with Crippen LogP contribution < -0.4 is 4.74 Å². The molecule has 1 heterocycles. The molecule has 1 aliphatic carbocycles. The molecule has 1 saturated heterocycles. The summed E-state index contributed by atoms with van der Waals surface area (Å²) in [5.74, 6) is 1.94. The molecule has 27 heavy (non-hydrogen) atoms.